The van der Waals surface area contributed by atoms with E-state index in [1.54, 1.807) is 20.8 Å². The van der Waals surface area contributed by atoms with Crippen LogP contribution in [0.15, 0.2) is 24.3 Å². The number of hydrogen-bond acceptors (Lipinski definition) is 4. The fourth-order valence-corrected chi connectivity index (χ4v) is 2.00. The number of hydrogen-bond donors (Lipinski definition) is 2. The first-order chi connectivity index (χ1) is 11.6. The van der Waals surface area contributed by atoms with Crippen molar-refractivity contribution in [3.63, 3.8) is 0 Å². The largest absolute Gasteiger partial charge is 0.573 e. The lowest BCUT2D eigenvalue weighted by Gasteiger charge is -2.21. The molecule has 0 aliphatic heterocycles. The van der Waals surface area contributed by atoms with Crippen LogP contribution in [0.25, 0.3) is 0 Å². The van der Waals surface area contributed by atoms with Gasteiger partial charge in [-0.05, 0) is 18.9 Å². The number of halogens is 3. The molecule has 0 spiro atoms. The Bertz CT molecular complexity index is 591. The van der Waals surface area contributed by atoms with E-state index in [1.165, 1.54) is 18.2 Å². The zero-order valence-electron chi connectivity index (χ0n) is 14.1. The summed E-state index contributed by atoms with van der Waals surface area (Å²) in [5, 5.41) is 4.92. The summed E-state index contributed by atoms with van der Waals surface area (Å²) in [4.78, 5) is 23.7. The number of nitrogens with one attached hydrogen (secondary N) is 2. The molecule has 0 aromatic heterocycles. The van der Waals surface area contributed by atoms with E-state index in [9.17, 15) is 22.8 Å². The van der Waals surface area contributed by atoms with Gasteiger partial charge in [0.05, 0.1) is 6.61 Å². The standard InChI is InChI=1S/C16H21F3N2O4/c1-4-24-15(23)21-13(10(2)3)14(22)20-9-11-7-5-6-8-12(11)25-16(17,18)19/h5-8,10,13H,4,9H2,1-3H3,(H,20,22)(H,21,23). The zero-order valence-corrected chi connectivity index (χ0v) is 14.1. The van der Waals surface area contributed by atoms with Gasteiger partial charge in [-0.25, -0.2) is 4.79 Å². The summed E-state index contributed by atoms with van der Waals surface area (Å²) in [6, 6.07) is 4.61. The first-order valence-corrected chi connectivity index (χ1v) is 7.68. The number of alkyl halides is 3. The molecule has 0 saturated carbocycles. The molecule has 2 N–H and O–H groups in total. The Hall–Kier alpha value is -2.45. The average molecular weight is 362 g/mol. The fraction of sp³-hybridized carbons (Fsp3) is 0.500. The van der Waals surface area contributed by atoms with E-state index < -0.39 is 30.2 Å². The molecule has 25 heavy (non-hydrogen) atoms. The van der Waals surface area contributed by atoms with Gasteiger partial charge in [-0.1, -0.05) is 32.0 Å². The van der Waals surface area contributed by atoms with E-state index in [4.69, 9.17) is 4.74 Å². The summed E-state index contributed by atoms with van der Waals surface area (Å²) >= 11 is 0. The molecule has 9 heteroatoms. The molecule has 0 fully saturated rings. The first-order valence-electron chi connectivity index (χ1n) is 7.68. The van der Waals surface area contributed by atoms with Crippen molar-refractivity contribution in [1.82, 2.24) is 10.6 Å². The monoisotopic (exact) mass is 362 g/mol. The highest BCUT2D eigenvalue weighted by atomic mass is 19.4. The molecular formula is C16H21F3N2O4. The molecule has 1 unspecified atom stereocenters. The zero-order chi connectivity index (χ0) is 19.0. The summed E-state index contributed by atoms with van der Waals surface area (Å²) in [5.41, 5.74) is 0.159. The highest BCUT2D eigenvalue weighted by Crippen LogP contribution is 2.26. The van der Waals surface area contributed by atoms with E-state index in [0.717, 1.165) is 6.07 Å². The number of alkyl carbamates (subject to hydrolysis) is 1. The predicted octanol–water partition coefficient (Wildman–Crippen LogP) is 2.97. The lowest BCUT2D eigenvalue weighted by atomic mass is 10.0. The smallest absolute Gasteiger partial charge is 0.450 e. The highest BCUT2D eigenvalue weighted by molar-refractivity contribution is 5.85. The Morgan fingerprint density at radius 1 is 1.20 bits per heavy atom. The van der Waals surface area contributed by atoms with E-state index in [1.807, 2.05) is 0 Å². The van der Waals surface area contributed by atoms with Crippen molar-refractivity contribution in [3.8, 4) is 5.75 Å². The summed E-state index contributed by atoms with van der Waals surface area (Å²) < 4.78 is 45.9. The van der Waals surface area contributed by atoms with Crippen LogP contribution >= 0.6 is 0 Å². The number of rotatable bonds is 7. The number of carbonyl (C=O) groups excluding carboxylic acids is 2. The van der Waals surface area contributed by atoms with Gasteiger partial charge in [0.2, 0.25) is 5.91 Å². The van der Waals surface area contributed by atoms with Crippen molar-refractivity contribution in [1.29, 1.82) is 0 Å². The minimum atomic E-state index is -4.83. The second-order valence-electron chi connectivity index (χ2n) is 5.46. The molecule has 0 aliphatic carbocycles. The molecule has 1 atom stereocenters. The van der Waals surface area contributed by atoms with E-state index in [0.29, 0.717) is 0 Å². The van der Waals surface area contributed by atoms with Crippen molar-refractivity contribution in [2.75, 3.05) is 6.61 Å². The molecule has 6 nitrogen and oxygen atoms in total. The van der Waals surface area contributed by atoms with Crippen molar-refractivity contribution in [2.24, 2.45) is 5.92 Å². The minimum Gasteiger partial charge on any atom is -0.450 e. The van der Waals surface area contributed by atoms with Crippen LogP contribution in [0.2, 0.25) is 0 Å². The quantitative estimate of drug-likeness (QED) is 0.782. The van der Waals surface area contributed by atoms with Crippen LogP contribution in [-0.4, -0.2) is 31.0 Å². The van der Waals surface area contributed by atoms with Crippen LogP contribution in [0.3, 0.4) is 0 Å². The second kappa shape index (κ2) is 9.14. The SMILES string of the molecule is CCOC(=O)NC(C(=O)NCc1ccccc1OC(F)(F)F)C(C)C. The van der Waals surface area contributed by atoms with E-state index >= 15 is 0 Å². The van der Waals surface area contributed by atoms with E-state index in [2.05, 4.69) is 15.4 Å². The molecule has 2 amide bonds. The molecule has 1 aromatic rings. The van der Waals surface area contributed by atoms with Crippen molar-refractivity contribution in [2.45, 2.75) is 39.7 Å². The fourth-order valence-electron chi connectivity index (χ4n) is 2.00. The Morgan fingerprint density at radius 2 is 1.84 bits per heavy atom. The molecule has 0 saturated heterocycles. The Balaban J connectivity index is 2.75. The van der Waals surface area contributed by atoms with Gasteiger partial charge in [0.1, 0.15) is 11.8 Å². The maximum absolute atomic E-state index is 12.4. The van der Waals surface area contributed by atoms with E-state index in [-0.39, 0.29) is 24.6 Å². The first kappa shape index (κ1) is 20.6. The maximum atomic E-state index is 12.4. The third-order valence-electron chi connectivity index (χ3n) is 3.15. The topological polar surface area (TPSA) is 76.7 Å². The third kappa shape index (κ3) is 7.32. The molecule has 0 radical (unpaired) electrons. The van der Waals surface area contributed by atoms with Crippen molar-refractivity contribution < 1.29 is 32.2 Å². The number of benzene rings is 1. The highest BCUT2D eigenvalue weighted by Gasteiger charge is 2.32. The summed E-state index contributed by atoms with van der Waals surface area (Å²) in [7, 11) is 0. The predicted molar refractivity (Wildman–Crippen MR) is 83.8 cm³/mol. The number of carbonyl (C=O) groups is 2. The lowest BCUT2D eigenvalue weighted by molar-refractivity contribution is -0.274. The van der Waals surface area contributed by atoms with Crippen LogP contribution < -0.4 is 15.4 Å². The average Bonchev–Trinajstić information content (AvgIpc) is 2.50. The van der Waals surface area contributed by atoms with Gasteiger partial charge in [-0.3, -0.25) is 4.79 Å². The normalized spacial score (nSPS) is 12.4. The number of ether oxygens (including phenoxy) is 2. The van der Waals surface area contributed by atoms with Crippen molar-refractivity contribution in [3.05, 3.63) is 29.8 Å². The van der Waals surface area contributed by atoms with Crippen LogP contribution in [0.1, 0.15) is 26.3 Å². The Morgan fingerprint density at radius 3 is 2.40 bits per heavy atom. The molecule has 0 heterocycles. The molecule has 1 rings (SSSR count). The molecule has 1 aromatic carbocycles. The van der Waals surface area contributed by atoms with Crippen LogP contribution in [0.4, 0.5) is 18.0 Å². The lowest BCUT2D eigenvalue weighted by Crippen LogP contribution is -2.49. The summed E-state index contributed by atoms with van der Waals surface area (Å²) in [5.74, 6) is -1.18. The van der Waals surface area contributed by atoms with Gasteiger partial charge in [-0.15, -0.1) is 13.2 Å². The second-order valence-corrected chi connectivity index (χ2v) is 5.46. The number of para-hydroxylation sites is 1. The maximum Gasteiger partial charge on any atom is 0.573 e. The molecule has 140 valence electrons. The van der Waals surface area contributed by atoms with Crippen LogP contribution in [0, 0.1) is 5.92 Å². The van der Waals surface area contributed by atoms with Crippen LogP contribution in [0.5, 0.6) is 5.75 Å². The summed E-state index contributed by atoms with van der Waals surface area (Å²) in [6.07, 6.45) is -5.57. The molecule has 0 aliphatic rings. The molecule has 0 bridgehead atoms. The van der Waals surface area contributed by atoms with Gasteiger partial charge < -0.3 is 20.1 Å². The molecular weight excluding hydrogens is 341 g/mol. The van der Waals surface area contributed by atoms with Crippen molar-refractivity contribution >= 4 is 12.0 Å². The van der Waals surface area contributed by atoms with Gasteiger partial charge in [0, 0.05) is 12.1 Å². The van der Waals surface area contributed by atoms with Gasteiger partial charge in [0.15, 0.2) is 0 Å². The van der Waals surface area contributed by atoms with Crippen LogP contribution in [-0.2, 0) is 16.1 Å². The Kier molecular flexibility index (Phi) is 7.53. The van der Waals surface area contributed by atoms with Gasteiger partial charge in [0.25, 0.3) is 0 Å². The number of amides is 2. The van der Waals surface area contributed by atoms with Gasteiger partial charge >= 0.3 is 12.5 Å². The summed E-state index contributed by atoms with van der Waals surface area (Å²) in [6.45, 7) is 5.04. The third-order valence-corrected chi connectivity index (χ3v) is 3.15. The Labute approximate surface area is 143 Å². The van der Waals surface area contributed by atoms with Gasteiger partial charge in [-0.2, -0.15) is 0 Å². The minimum absolute atomic E-state index is 0.153.